The summed E-state index contributed by atoms with van der Waals surface area (Å²) < 4.78 is 0. The molecule has 0 aliphatic carbocycles. The van der Waals surface area contributed by atoms with Gasteiger partial charge in [0.1, 0.15) is 6.20 Å². The molecule has 0 aromatic carbocycles. The summed E-state index contributed by atoms with van der Waals surface area (Å²) in [6.07, 6.45) is 2.09. The van der Waals surface area contributed by atoms with E-state index in [-0.39, 0.29) is 71.3 Å². The number of nitrogens with one attached hydrogen (secondary N) is 1. The smallest absolute Gasteiger partial charge is 1.00 e. The van der Waals surface area contributed by atoms with E-state index < -0.39 is 0 Å². The van der Waals surface area contributed by atoms with E-state index in [0.717, 1.165) is 11.5 Å². The number of hydrogen-bond acceptors (Lipinski definition) is 1. The van der Waals surface area contributed by atoms with Crippen LogP contribution in [0.3, 0.4) is 0 Å². The summed E-state index contributed by atoms with van der Waals surface area (Å²) in [7, 11) is 2.08. The first-order chi connectivity index (χ1) is 3.70. The van der Waals surface area contributed by atoms with Gasteiger partial charge in [0.2, 0.25) is 5.84 Å². The first kappa shape index (κ1) is 29.2. The van der Waals surface area contributed by atoms with Crippen LogP contribution in [-0.2, 0) is 21.7 Å². The van der Waals surface area contributed by atoms with E-state index in [0.29, 0.717) is 0 Å². The van der Waals surface area contributed by atoms with Crippen LogP contribution in [0.2, 0.25) is 0 Å². The van der Waals surface area contributed by atoms with Gasteiger partial charge in [-0.1, -0.05) is 0 Å². The van der Waals surface area contributed by atoms with Gasteiger partial charge in [-0.15, -0.1) is 0 Å². The number of hydrogen-bond donors (Lipinski definition) is 1. The molecule has 1 aliphatic rings. The summed E-state index contributed by atoms with van der Waals surface area (Å²) in [5.74, 6) is 1.16. The Morgan fingerprint density at radius 1 is 1.08 bits per heavy atom. The van der Waals surface area contributed by atoms with Crippen LogP contribution in [0.5, 0.6) is 0 Å². The predicted molar refractivity (Wildman–Crippen MR) is 33.8 cm³/mol. The van der Waals surface area contributed by atoms with Crippen molar-refractivity contribution < 1.29 is 76.2 Å². The Hall–Kier alpha value is 1.24. The van der Waals surface area contributed by atoms with Crippen LogP contribution in [-0.4, -0.2) is 12.9 Å². The Kier molecular flexibility index (Phi) is 29.8. The minimum Gasteiger partial charge on any atom is -1.00 e. The molecule has 13 heavy (non-hydrogen) atoms. The molecule has 0 aromatic heterocycles. The van der Waals surface area contributed by atoms with Crippen LogP contribution in [0.15, 0.2) is 16.9 Å². The fourth-order valence-electron chi connectivity index (χ4n) is 0.803. The predicted octanol–water partition coefficient (Wildman–Crippen LogP) is -12.2. The van der Waals surface area contributed by atoms with E-state index in [1.807, 2.05) is 13.8 Å². The van der Waals surface area contributed by atoms with Crippen molar-refractivity contribution in [2.75, 3.05) is 7.05 Å². The number of allylic oxidation sites excluding steroid dienone is 1. The zero-order valence-electron chi connectivity index (χ0n) is 7.54. The van der Waals surface area contributed by atoms with Gasteiger partial charge >= 0.3 is 21.7 Å². The number of nitrogens with zero attached hydrogens (tertiary/aromatic N) is 1. The van der Waals surface area contributed by atoms with E-state index in [2.05, 4.69) is 18.2 Å². The molecule has 1 radical (unpaired) electrons. The maximum Gasteiger partial charge on any atom is 3.00 e. The molecule has 1 aliphatic heterocycles. The van der Waals surface area contributed by atoms with Gasteiger partial charge in [-0.2, -0.15) is 0 Å². The van der Waals surface area contributed by atoms with Gasteiger partial charge in [0.15, 0.2) is 0 Å². The third-order valence-corrected chi connectivity index (χ3v) is 1.34. The van der Waals surface area contributed by atoms with Crippen LogP contribution in [0.4, 0.5) is 0 Å². The first-order valence-electron chi connectivity index (χ1n) is 2.77. The maximum absolute atomic E-state index is 4.21. The maximum atomic E-state index is 4.21. The molecule has 0 fully saturated rings. The second kappa shape index (κ2) is 13.2. The number of halogens is 4. The van der Waals surface area contributed by atoms with Crippen molar-refractivity contribution in [3.8, 4) is 0 Å². The van der Waals surface area contributed by atoms with Crippen LogP contribution in [0, 0.1) is 0 Å². The summed E-state index contributed by atoms with van der Waals surface area (Å²) in [5, 5.41) is 0. The zero-order chi connectivity index (χ0) is 6.15. The van der Waals surface area contributed by atoms with E-state index in [4.69, 9.17) is 0 Å². The molecule has 0 amide bonds. The third kappa shape index (κ3) is 9.55. The van der Waals surface area contributed by atoms with Gasteiger partial charge < -0.3 is 49.6 Å². The molecule has 0 saturated carbocycles. The van der Waals surface area contributed by atoms with Gasteiger partial charge in [-0.25, -0.2) is 4.99 Å². The molecule has 0 bridgehead atoms. The van der Waals surface area contributed by atoms with Crippen LogP contribution < -0.4 is 54.5 Å². The Morgan fingerprint density at radius 2 is 1.46 bits per heavy atom. The Morgan fingerprint density at radius 3 is 1.54 bits per heavy atom. The van der Waals surface area contributed by atoms with Crippen LogP contribution in [0.25, 0.3) is 0 Å². The van der Waals surface area contributed by atoms with E-state index in [9.17, 15) is 0 Å². The molecule has 1 unspecified atom stereocenters. The van der Waals surface area contributed by atoms with E-state index in [1.165, 1.54) is 4.90 Å². The van der Waals surface area contributed by atoms with Crippen molar-refractivity contribution >= 4 is 5.84 Å². The molecule has 1 atom stereocenters. The fraction of sp³-hybridized carbons (Fsp3) is 0.500. The minimum absolute atomic E-state index is 0. The van der Waals surface area contributed by atoms with Crippen molar-refractivity contribution in [3.05, 3.63) is 11.9 Å². The molecule has 0 aromatic rings. The zero-order valence-corrected chi connectivity index (χ0v) is 12.1. The quantitative estimate of drug-likeness (QED) is 0.428. The molecule has 1 heterocycles. The first-order valence-corrected chi connectivity index (χ1v) is 2.77. The summed E-state index contributed by atoms with van der Waals surface area (Å²) in [6, 6.07) is 0. The largest absolute Gasteiger partial charge is 3.00 e. The molecule has 77 valence electrons. The monoisotopic (exact) mass is 299 g/mol. The van der Waals surface area contributed by atoms with Crippen molar-refractivity contribution in [1.82, 2.24) is 0 Å². The normalized spacial score (nSPS) is 17.0. The third-order valence-electron chi connectivity index (χ3n) is 1.34. The average molecular weight is 301 g/mol. The van der Waals surface area contributed by atoms with Gasteiger partial charge in [0.25, 0.3) is 0 Å². The number of amidine groups is 1. The summed E-state index contributed by atoms with van der Waals surface area (Å²) in [5.41, 5.74) is 1.13. The molecule has 1 rings (SSSR count). The summed E-state index contributed by atoms with van der Waals surface area (Å²) in [4.78, 5) is 5.50. The number of aliphatic imine (C=N–C) groups is 1. The molecular weight excluding hydrogens is 290 g/mol. The van der Waals surface area contributed by atoms with E-state index in [1.54, 1.807) is 0 Å². The topological polar surface area (TPSA) is 16.8 Å². The molecular formula is C6H11Cl4N2Ti. The fourth-order valence-corrected chi connectivity index (χ4v) is 0.803. The second-order valence-electron chi connectivity index (χ2n) is 2.17. The molecule has 0 saturated heterocycles. The van der Waals surface area contributed by atoms with Gasteiger partial charge in [-0.05, 0) is 6.92 Å². The average Bonchev–Trinajstić information content (AvgIpc) is 1.85. The molecule has 0 spiro atoms. The van der Waals surface area contributed by atoms with Crippen molar-refractivity contribution in [1.29, 1.82) is 0 Å². The van der Waals surface area contributed by atoms with Gasteiger partial charge in [0.05, 0.1) is 12.7 Å². The van der Waals surface area contributed by atoms with Crippen LogP contribution >= 0.6 is 0 Å². The van der Waals surface area contributed by atoms with Crippen molar-refractivity contribution in [2.45, 2.75) is 13.8 Å². The second-order valence-corrected chi connectivity index (χ2v) is 2.17. The molecule has 1 N–H and O–H groups in total. The SMILES string of the molecule is CC1=C[NH+](C)C(C)=N1.[Cl-].[Cl-].[Cl-].[Cl-].[Ti+3]. The number of rotatable bonds is 0. The van der Waals surface area contributed by atoms with Crippen LogP contribution in [0.1, 0.15) is 13.8 Å². The molecule has 7 heteroatoms. The summed E-state index contributed by atoms with van der Waals surface area (Å²) in [6.45, 7) is 4.04. The van der Waals surface area contributed by atoms with E-state index >= 15 is 0 Å². The van der Waals surface area contributed by atoms with Crippen molar-refractivity contribution in [2.24, 2.45) is 4.99 Å². The van der Waals surface area contributed by atoms with Crippen molar-refractivity contribution in [3.63, 3.8) is 0 Å². The molecule has 2 nitrogen and oxygen atoms in total. The Labute approximate surface area is 119 Å². The Balaban J connectivity index is -0.0000000427. The minimum atomic E-state index is 0. The number of quaternary nitrogens is 1. The van der Waals surface area contributed by atoms with Gasteiger partial charge in [-0.3, -0.25) is 4.90 Å². The standard InChI is InChI=1S/C6H10N2.4ClH.Ti/c1-5-4-8(3)6(2)7-5;;;;;/h4H,1-3H3;4*1H;/q;;;;;+3/p-3. The summed E-state index contributed by atoms with van der Waals surface area (Å²) >= 11 is 0. The Bertz CT molecular complexity index is 172. The van der Waals surface area contributed by atoms with Gasteiger partial charge in [0, 0.05) is 6.92 Å².